The highest BCUT2D eigenvalue weighted by molar-refractivity contribution is 6.89. The first-order chi connectivity index (χ1) is 17.2. The molecule has 0 aliphatic carbocycles. The van der Waals surface area contributed by atoms with Crippen molar-refractivity contribution in [3.05, 3.63) is 90.1 Å². The number of aryl methyl sites for hydroxylation is 3. The zero-order valence-electron chi connectivity index (χ0n) is 21.9. The Kier molecular flexibility index (Phi) is 4.30. The van der Waals surface area contributed by atoms with Crippen LogP contribution in [-0.4, -0.2) is 12.5 Å². The largest absolute Gasteiger partial charge is 0.307 e. The molecule has 4 aromatic carbocycles. The second-order valence-corrected chi connectivity index (χ2v) is 16.6. The van der Waals surface area contributed by atoms with Crippen LogP contribution in [0, 0.1) is 13.8 Å². The number of rotatable bonds is 2. The fourth-order valence-electron chi connectivity index (χ4n) is 6.15. The van der Waals surface area contributed by atoms with Gasteiger partial charge < -0.3 is 4.40 Å². The summed E-state index contributed by atoms with van der Waals surface area (Å²) in [7, 11) is 0.668. The Morgan fingerprint density at radius 3 is 2.25 bits per heavy atom. The summed E-state index contributed by atoms with van der Waals surface area (Å²) in [4.78, 5) is 0. The van der Waals surface area contributed by atoms with Gasteiger partial charge in [-0.15, -0.1) is 0 Å². The zero-order chi connectivity index (χ0) is 24.9. The molecule has 0 bridgehead atoms. The summed E-state index contributed by atoms with van der Waals surface area (Å²) in [5.74, 6) is 0. The van der Waals surface area contributed by atoms with Gasteiger partial charge in [0, 0.05) is 16.8 Å². The topological polar surface area (TPSA) is 8.29 Å². The minimum absolute atomic E-state index is 1.26. The molecule has 7 aromatic rings. The Hall–Kier alpha value is -3.69. The van der Waals surface area contributed by atoms with Crippen molar-refractivity contribution in [3.63, 3.8) is 0 Å². The molecule has 0 N–H and O–H groups in total. The normalized spacial score (nSPS) is 12.7. The van der Waals surface area contributed by atoms with Crippen molar-refractivity contribution in [1.29, 1.82) is 0 Å². The van der Waals surface area contributed by atoms with Gasteiger partial charge in [-0.05, 0) is 59.7 Å². The van der Waals surface area contributed by atoms with Crippen LogP contribution < -0.4 is 9.75 Å². The minimum atomic E-state index is -1.53. The van der Waals surface area contributed by atoms with Crippen LogP contribution in [0.15, 0.2) is 79.0 Å². The molecule has 3 heteroatoms. The molecule has 0 spiro atoms. The number of hydrogen-bond donors (Lipinski definition) is 0. The molecule has 0 saturated carbocycles. The average molecular weight is 484 g/mol. The minimum Gasteiger partial charge on any atom is -0.307 e. The molecule has 0 unspecified atom stereocenters. The van der Waals surface area contributed by atoms with Crippen LogP contribution in [0.2, 0.25) is 19.6 Å². The summed E-state index contributed by atoms with van der Waals surface area (Å²) in [5, 5.41) is 8.28. The van der Waals surface area contributed by atoms with Crippen molar-refractivity contribution in [2.24, 2.45) is 7.05 Å². The van der Waals surface area contributed by atoms with Gasteiger partial charge in [-0.1, -0.05) is 73.4 Å². The van der Waals surface area contributed by atoms with Crippen molar-refractivity contribution in [2.45, 2.75) is 33.5 Å². The fraction of sp³-hybridized carbons (Fsp3) is 0.182. The molecule has 0 aliphatic heterocycles. The van der Waals surface area contributed by atoms with Crippen molar-refractivity contribution in [2.75, 3.05) is 0 Å². The Morgan fingerprint density at radius 2 is 1.50 bits per heavy atom. The van der Waals surface area contributed by atoms with Gasteiger partial charge in [0.15, 0.2) is 6.20 Å². The standard InChI is InChI=1S/C33H31N2Si/c1-20-16-27-26-13-12-23(22-10-8-7-9-11-22)18-28(26)35-29-19-25(36(4,5)6)17-24-14-15-34(3)33(31(24)29)30(21(20)2)32(27)35/h7-19H,1-6H3/q+1. The van der Waals surface area contributed by atoms with Crippen molar-refractivity contribution in [3.8, 4) is 11.1 Å². The highest BCUT2D eigenvalue weighted by atomic mass is 28.3. The molecular formula is C33H31N2Si+. The quantitative estimate of drug-likeness (QED) is 0.103. The van der Waals surface area contributed by atoms with Gasteiger partial charge in [-0.3, -0.25) is 0 Å². The zero-order valence-corrected chi connectivity index (χ0v) is 22.9. The Bertz CT molecular complexity index is 1990. The molecule has 36 heavy (non-hydrogen) atoms. The van der Waals surface area contributed by atoms with Crippen LogP contribution in [0.4, 0.5) is 0 Å². The van der Waals surface area contributed by atoms with E-state index in [1.54, 1.807) is 0 Å². The van der Waals surface area contributed by atoms with E-state index in [1.165, 1.54) is 76.4 Å². The third-order valence-electron chi connectivity index (χ3n) is 8.24. The summed E-state index contributed by atoms with van der Waals surface area (Å²) in [6.45, 7) is 11.9. The molecule has 2 nitrogen and oxygen atoms in total. The summed E-state index contributed by atoms with van der Waals surface area (Å²) in [6.07, 6.45) is 2.24. The Labute approximate surface area is 212 Å². The molecule has 0 amide bonds. The van der Waals surface area contributed by atoms with Crippen molar-refractivity contribution in [1.82, 2.24) is 4.40 Å². The van der Waals surface area contributed by atoms with E-state index >= 15 is 0 Å². The van der Waals surface area contributed by atoms with Gasteiger partial charge in [0.1, 0.15) is 7.05 Å². The van der Waals surface area contributed by atoms with Gasteiger partial charge in [-0.25, -0.2) is 4.57 Å². The predicted molar refractivity (Wildman–Crippen MR) is 158 cm³/mol. The van der Waals surface area contributed by atoms with Crippen LogP contribution in [-0.2, 0) is 7.05 Å². The molecule has 0 radical (unpaired) electrons. The van der Waals surface area contributed by atoms with E-state index in [1.807, 2.05) is 0 Å². The molecule has 7 rings (SSSR count). The fourth-order valence-corrected chi connectivity index (χ4v) is 7.31. The molecular weight excluding hydrogens is 452 g/mol. The summed E-state index contributed by atoms with van der Waals surface area (Å²) < 4.78 is 4.91. The van der Waals surface area contributed by atoms with Crippen molar-refractivity contribution >= 4 is 62.3 Å². The highest BCUT2D eigenvalue weighted by Gasteiger charge is 2.27. The number of fused-ring (bicyclic) bond motifs is 5. The number of hydrogen-bond acceptors (Lipinski definition) is 0. The first-order valence-corrected chi connectivity index (χ1v) is 16.4. The number of benzene rings is 4. The molecule has 0 atom stereocenters. The first kappa shape index (κ1) is 21.6. The third kappa shape index (κ3) is 2.81. The summed E-state index contributed by atoms with van der Waals surface area (Å²) in [5.41, 5.74) is 10.6. The van der Waals surface area contributed by atoms with E-state index < -0.39 is 8.07 Å². The third-order valence-corrected chi connectivity index (χ3v) is 10.3. The van der Waals surface area contributed by atoms with Gasteiger partial charge in [-0.2, -0.15) is 0 Å². The van der Waals surface area contributed by atoms with E-state index in [-0.39, 0.29) is 0 Å². The predicted octanol–water partition coefficient (Wildman–Crippen LogP) is 7.64. The molecule has 0 aliphatic rings. The maximum absolute atomic E-state index is 2.58. The monoisotopic (exact) mass is 483 g/mol. The molecule has 176 valence electrons. The van der Waals surface area contributed by atoms with Gasteiger partial charge in [0.2, 0.25) is 5.52 Å². The summed E-state index contributed by atoms with van der Waals surface area (Å²) >= 11 is 0. The lowest BCUT2D eigenvalue weighted by Crippen LogP contribution is -2.38. The Balaban J connectivity index is 1.81. The van der Waals surface area contributed by atoms with Crippen LogP contribution in [0.25, 0.3) is 60.1 Å². The van der Waals surface area contributed by atoms with E-state index in [0.717, 1.165) is 0 Å². The van der Waals surface area contributed by atoms with Gasteiger partial charge in [0.05, 0.1) is 35.4 Å². The lowest BCUT2D eigenvalue weighted by molar-refractivity contribution is -0.643. The van der Waals surface area contributed by atoms with Gasteiger partial charge >= 0.3 is 0 Å². The number of nitrogens with zero attached hydrogens (tertiary/aromatic N) is 2. The average Bonchev–Trinajstić information content (AvgIpc) is 3.18. The maximum Gasteiger partial charge on any atom is 0.224 e. The van der Waals surface area contributed by atoms with E-state index in [2.05, 4.69) is 128 Å². The molecule has 0 fully saturated rings. The van der Waals surface area contributed by atoms with Crippen LogP contribution >= 0.6 is 0 Å². The number of aromatic nitrogens is 2. The maximum atomic E-state index is 2.58. The number of pyridine rings is 2. The Morgan fingerprint density at radius 1 is 0.722 bits per heavy atom. The smallest absolute Gasteiger partial charge is 0.224 e. The van der Waals surface area contributed by atoms with E-state index in [4.69, 9.17) is 0 Å². The van der Waals surface area contributed by atoms with E-state index in [9.17, 15) is 0 Å². The molecule has 3 aromatic heterocycles. The molecule has 3 heterocycles. The lowest BCUT2D eigenvalue weighted by Gasteiger charge is -2.20. The van der Waals surface area contributed by atoms with Gasteiger partial charge in [0.25, 0.3) is 0 Å². The van der Waals surface area contributed by atoms with Crippen molar-refractivity contribution < 1.29 is 4.57 Å². The SMILES string of the molecule is Cc1cc2c3ccc(-c4ccccc4)cc3n3c4cc([Si](C)(C)C)cc5cc[n+](C)c(c(c1C)c23)c54. The lowest BCUT2D eigenvalue weighted by atomic mass is 9.96. The second-order valence-electron chi connectivity index (χ2n) is 11.5. The molecule has 0 saturated heterocycles. The van der Waals surface area contributed by atoms with Crippen LogP contribution in [0.3, 0.4) is 0 Å². The highest BCUT2D eigenvalue weighted by Crippen LogP contribution is 2.42. The first-order valence-electron chi connectivity index (χ1n) is 12.9. The second kappa shape index (κ2) is 7.17. The summed E-state index contributed by atoms with van der Waals surface area (Å²) in [6, 6.07) is 27.5. The van der Waals surface area contributed by atoms with Crippen LogP contribution in [0.5, 0.6) is 0 Å². The van der Waals surface area contributed by atoms with Crippen LogP contribution in [0.1, 0.15) is 11.1 Å². The van der Waals surface area contributed by atoms with E-state index in [0.29, 0.717) is 0 Å².